The number of aromatic nitrogens is 6. The van der Waals surface area contributed by atoms with E-state index >= 15 is 0 Å². The highest BCUT2D eigenvalue weighted by Gasteiger charge is 2.64. The molecule has 9 aromatic rings. The summed E-state index contributed by atoms with van der Waals surface area (Å²) in [6, 6.07) is 30.2. The van der Waals surface area contributed by atoms with Gasteiger partial charge in [-0.3, -0.25) is 0 Å². The third kappa shape index (κ3) is 1.86. The second-order valence-corrected chi connectivity index (χ2v) is 11.5. The molecule has 0 fully saturated rings. The van der Waals surface area contributed by atoms with Crippen LogP contribution >= 0.6 is 0 Å². The van der Waals surface area contributed by atoms with Crippen LogP contribution in [0.3, 0.4) is 0 Å². The molecule has 6 aromatic heterocycles. The van der Waals surface area contributed by atoms with Crippen LogP contribution in [-0.4, -0.2) is 18.9 Å². The average Bonchev–Trinajstić information content (AvgIpc) is 3.72. The summed E-state index contributed by atoms with van der Waals surface area (Å²) in [4.78, 5) is 9.73. The molecule has 0 N–H and O–H groups in total. The summed E-state index contributed by atoms with van der Waals surface area (Å²) >= 11 is 0. The van der Waals surface area contributed by atoms with Crippen LogP contribution in [0.1, 0.15) is 11.1 Å². The maximum atomic E-state index is 6.84. The number of nitrogens with zero attached hydrogens (tertiary/aromatic N) is 6. The van der Waals surface area contributed by atoms with Crippen molar-refractivity contribution in [2.75, 3.05) is 0 Å². The Morgan fingerprint density at radius 1 is 0.738 bits per heavy atom. The van der Waals surface area contributed by atoms with Crippen LogP contribution in [0.15, 0.2) is 110 Å². The van der Waals surface area contributed by atoms with Gasteiger partial charge in [-0.2, -0.15) is 18.1 Å². The summed E-state index contributed by atoms with van der Waals surface area (Å²) in [7, 11) is 0. The zero-order chi connectivity index (χ0) is 26.9. The molecule has 9 heterocycles. The van der Waals surface area contributed by atoms with Crippen LogP contribution in [0.5, 0.6) is 11.5 Å². The molecule has 7 heteroatoms. The summed E-state index contributed by atoms with van der Waals surface area (Å²) in [5.74, 6) is 2.89. The van der Waals surface area contributed by atoms with Crippen molar-refractivity contribution >= 4 is 60.3 Å². The SMILES string of the molecule is c1cc[n+]2c(c1)-n1c3ccccc3c3ccc4c(c31)C21c2c(ccc3c5nc6ncccc6cc5n5cc[n+]1c5c23)O4. The third-order valence-corrected chi connectivity index (χ3v) is 9.78. The molecule has 3 aromatic carbocycles. The van der Waals surface area contributed by atoms with E-state index in [-0.39, 0.29) is 0 Å². The van der Waals surface area contributed by atoms with Gasteiger partial charge in [0.1, 0.15) is 46.1 Å². The van der Waals surface area contributed by atoms with Crippen molar-refractivity contribution < 1.29 is 13.9 Å². The predicted octanol–water partition coefficient (Wildman–Crippen LogP) is 5.89. The average molecular weight is 539 g/mol. The quantitative estimate of drug-likeness (QED) is 0.137. The minimum atomic E-state index is -0.672. The third-order valence-electron chi connectivity index (χ3n) is 9.78. The number of pyridine rings is 4. The molecule has 0 aliphatic carbocycles. The summed E-state index contributed by atoms with van der Waals surface area (Å²) in [5, 5.41) is 5.77. The van der Waals surface area contributed by atoms with Gasteiger partial charge in [-0.15, -0.1) is 0 Å². The van der Waals surface area contributed by atoms with E-state index in [4.69, 9.17) is 9.72 Å². The van der Waals surface area contributed by atoms with E-state index in [2.05, 4.69) is 121 Å². The number of benzene rings is 3. The normalized spacial score (nSPS) is 17.3. The van der Waals surface area contributed by atoms with Gasteiger partial charge in [-0.25, -0.2) is 9.97 Å². The monoisotopic (exact) mass is 538 g/mol. The first-order valence-corrected chi connectivity index (χ1v) is 14.2. The van der Waals surface area contributed by atoms with Gasteiger partial charge < -0.3 is 4.74 Å². The van der Waals surface area contributed by atoms with Gasteiger partial charge in [0.25, 0.3) is 11.5 Å². The van der Waals surface area contributed by atoms with Gasteiger partial charge in [0, 0.05) is 33.8 Å². The molecule has 0 bridgehead atoms. The lowest BCUT2D eigenvalue weighted by Crippen LogP contribution is -2.75. The Balaban J connectivity index is 1.39. The second-order valence-electron chi connectivity index (χ2n) is 11.5. The van der Waals surface area contributed by atoms with Crippen molar-refractivity contribution in [3.05, 3.63) is 121 Å². The first-order chi connectivity index (χ1) is 20.8. The topological polar surface area (TPSA) is 52.1 Å². The van der Waals surface area contributed by atoms with Gasteiger partial charge in [-0.1, -0.05) is 18.2 Å². The van der Waals surface area contributed by atoms with Crippen molar-refractivity contribution in [3.63, 3.8) is 0 Å². The highest BCUT2D eigenvalue weighted by atomic mass is 16.5. The summed E-state index contributed by atoms with van der Waals surface area (Å²) < 4.78 is 16.5. The molecule has 1 spiro atoms. The van der Waals surface area contributed by atoms with E-state index < -0.39 is 5.66 Å². The molecule has 1 unspecified atom stereocenters. The van der Waals surface area contributed by atoms with E-state index in [1.807, 2.05) is 12.3 Å². The lowest BCUT2D eigenvalue weighted by Gasteiger charge is -2.36. The van der Waals surface area contributed by atoms with Gasteiger partial charge in [0.15, 0.2) is 16.7 Å². The molecule has 3 aliphatic rings. The van der Waals surface area contributed by atoms with Gasteiger partial charge >= 0.3 is 5.66 Å². The summed E-state index contributed by atoms with van der Waals surface area (Å²) in [6.07, 6.45) is 8.46. The number of ether oxygens (including phenoxy) is 1. The van der Waals surface area contributed by atoms with Crippen molar-refractivity contribution in [2.45, 2.75) is 5.66 Å². The van der Waals surface area contributed by atoms with Crippen LogP contribution in [-0.2, 0) is 5.66 Å². The van der Waals surface area contributed by atoms with E-state index in [0.717, 1.165) is 61.5 Å². The standard InChI is InChI=1S/C35H18N6O/c1-2-8-23-20(7-1)21-10-12-26-30-32(21)41(23)27-9-3-4-15-39(27)35(30)29-25(42-26)13-11-22-28(29)34-38(16-17-40(34)35)24-18-19-6-5-14-36-33(19)37-31(22)24/h1-18H/q+2. The Morgan fingerprint density at radius 3 is 2.60 bits per heavy atom. The van der Waals surface area contributed by atoms with E-state index in [1.54, 1.807) is 0 Å². The molecule has 0 saturated carbocycles. The molecule has 7 nitrogen and oxygen atoms in total. The molecule has 12 rings (SSSR count). The van der Waals surface area contributed by atoms with Crippen molar-refractivity contribution in [3.8, 4) is 17.3 Å². The largest absolute Gasteiger partial charge is 0.456 e. The number of para-hydroxylation sites is 1. The van der Waals surface area contributed by atoms with Gasteiger partial charge in [-0.05, 0) is 60.7 Å². The number of hydrogen-bond acceptors (Lipinski definition) is 3. The Bertz CT molecular complexity index is 2790. The Morgan fingerprint density at radius 2 is 1.62 bits per heavy atom. The fraction of sp³-hybridized carbons (Fsp3) is 0.0286. The molecule has 3 aliphatic heterocycles. The van der Waals surface area contributed by atoms with Crippen LogP contribution < -0.4 is 13.9 Å². The van der Waals surface area contributed by atoms with Crippen molar-refractivity contribution in [1.29, 1.82) is 0 Å². The van der Waals surface area contributed by atoms with Crippen LogP contribution in [0, 0.1) is 0 Å². The molecule has 192 valence electrons. The van der Waals surface area contributed by atoms with Crippen LogP contribution in [0.25, 0.3) is 66.1 Å². The fourth-order valence-corrected chi connectivity index (χ4v) is 8.34. The van der Waals surface area contributed by atoms with Crippen molar-refractivity contribution in [2.24, 2.45) is 0 Å². The maximum Gasteiger partial charge on any atom is 0.318 e. The first kappa shape index (κ1) is 20.1. The van der Waals surface area contributed by atoms with E-state index in [1.165, 1.54) is 27.2 Å². The highest BCUT2D eigenvalue weighted by molar-refractivity contribution is 6.16. The molecule has 0 saturated heterocycles. The minimum Gasteiger partial charge on any atom is -0.456 e. The zero-order valence-electron chi connectivity index (χ0n) is 22.0. The highest BCUT2D eigenvalue weighted by Crippen LogP contribution is 2.56. The molecule has 1 atom stereocenters. The van der Waals surface area contributed by atoms with E-state index in [0.29, 0.717) is 0 Å². The number of imidazole rings is 1. The molecule has 0 amide bonds. The second kappa shape index (κ2) is 6.24. The Hall–Kier alpha value is -5.82. The number of fused-ring (bicyclic) bond motifs is 9. The summed E-state index contributed by atoms with van der Waals surface area (Å²) in [6.45, 7) is 0. The fourth-order valence-electron chi connectivity index (χ4n) is 8.34. The molecule has 42 heavy (non-hydrogen) atoms. The van der Waals surface area contributed by atoms with Gasteiger partial charge in [0.2, 0.25) is 0 Å². The van der Waals surface area contributed by atoms with Crippen LogP contribution in [0.4, 0.5) is 0 Å². The first-order valence-electron chi connectivity index (χ1n) is 14.2. The molecule has 0 radical (unpaired) electrons. The number of hydrogen-bond donors (Lipinski definition) is 0. The summed E-state index contributed by atoms with van der Waals surface area (Å²) in [5.41, 5.74) is 7.94. The Labute approximate surface area is 236 Å². The molecular weight excluding hydrogens is 520 g/mol. The van der Waals surface area contributed by atoms with Crippen LogP contribution in [0.2, 0.25) is 0 Å². The molecular formula is C35H18N6O+2. The Kier molecular flexibility index (Phi) is 2.99. The van der Waals surface area contributed by atoms with Gasteiger partial charge in [0.05, 0.1) is 11.6 Å². The predicted molar refractivity (Wildman–Crippen MR) is 158 cm³/mol. The lowest BCUT2D eigenvalue weighted by molar-refractivity contribution is -0.956. The van der Waals surface area contributed by atoms with Crippen molar-refractivity contribution in [1.82, 2.24) is 18.9 Å². The maximum absolute atomic E-state index is 6.84. The van der Waals surface area contributed by atoms with E-state index in [9.17, 15) is 0 Å². The lowest BCUT2D eigenvalue weighted by atomic mass is 9.83. The zero-order valence-corrected chi connectivity index (χ0v) is 22.0. The number of rotatable bonds is 0. The minimum absolute atomic E-state index is 0.672. The smallest absolute Gasteiger partial charge is 0.318 e.